The van der Waals surface area contributed by atoms with Crippen LogP contribution in [0.5, 0.6) is 0 Å². The highest BCUT2D eigenvalue weighted by atomic mass is 16.2. The Morgan fingerprint density at radius 3 is 2.65 bits per heavy atom. The molecule has 2 rings (SSSR count). The molecule has 1 aromatic heterocycles. The lowest BCUT2D eigenvalue weighted by Crippen LogP contribution is -2.49. The van der Waals surface area contributed by atoms with Crippen LogP contribution in [0.1, 0.15) is 25.5 Å². The Morgan fingerprint density at radius 2 is 2.00 bits per heavy atom. The summed E-state index contributed by atoms with van der Waals surface area (Å²) in [6.07, 6.45) is 2.32. The first-order valence-electron chi connectivity index (χ1n) is 7.15. The highest BCUT2D eigenvalue weighted by Crippen LogP contribution is 2.23. The van der Waals surface area contributed by atoms with Gasteiger partial charge in [-0.25, -0.2) is 4.79 Å². The molecule has 0 aromatic carbocycles. The molecule has 20 heavy (non-hydrogen) atoms. The van der Waals surface area contributed by atoms with Gasteiger partial charge in [-0.05, 0) is 25.3 Å². The maximum Gasteiger partial charge on any atom is 0.330 e. The summed E-state index contributed by atoms with van der Waals surface area (Å²) in [5, 5.41) is 0. The molecular weight excluding hydrogens is 256 g/mol. The average molecular weight is 280 g/mol. The van der Waals surface area contributed by atoms with Crippen molar-refractivity contribution in [2.45, 2.75) is 32.4 Å². The van der Waals surface area contributed by atoms with Crippen molar-refractivity contribution < 1.29 is 0 Å². The molecule has 2 unspecified atom stereocenters. The second-order valence-electron chi connectivity index (χ2n) is 5.77. The van der Waals surface area contributed by atoms with Crippen LogP contribution >= 0.6 is 0 Å². The molecule has 1 aliphatic heterocycles. The summed E-state index contributed by atoms with van der Waals surface area (Å²) in [4.78, 5) is 26.0. The highest BCUT2D eigenvalue weighted by Gasteiger charge is 2.27. The van der Waals surface area contributed by atoms with Crippen LogP contribution in [0.25, 0.3) is 0 Å². The number of aromatic nitrogens is 2. The van der Waals surface area contributed by atoms with Crippen molar-refractivity contribution in [3.05, 3.63) is 32.6 Å². The molecule has 2 atom stereocenters. The van der Waals surface area contributed by atoms with E-state index in [4.69, 9.17) is 5.73 Å². The Kier molecular flexibility index (Phi) is 4.45. The van der Waals surface area contributed by atoms with E-state index in [0.717, 1.165) is 23.2 Å². The van der Waals surface area contributed by atoms with Crippen LogP contribution in [0.4, 0.5) is 0 Å². The predicted octanol–water partition coefficient (Wildman–Crippen LogP) is -0.357. The molecule has 0 amide bonds. The van der Waals surface area contributed by atoms with Gasteiger partial charge < -0.3 is 5.73 Å². The quantitative estimate of drug-likeness (QED) is 0.821. The summed E-state index contributed by atoms with van der Waals surface area (Å²) in [5.41, 5.74) is 6.11. The van der Waals surface area contributed by atoms with Gasteiger partial charge >= 0.3 is 5.69 Å². The molecule has 6 nitrogen and oxygen atoms in total. The molecule has 0 bridgehead atoms. The molecule has 0 radical (unpaired) electrons. The van der Waals surface area contributed by atoms with E-state index in [-0.39, 0.29) is 11.2 Å². The van der Waals surface area contributed by atoms with Gasteiger partial charge in [-0.1, -0.05) is 6.92 Å². The number of hydrogen-bond acceptors (Lipinski definition) is 4. The van der Waals surface area contributed by atoms with E-state index < -0.39 is 0 Å². The summed E-state index contributed by atoms with van der Waals surface area (Å²) >= 11 is 0. The Bertz CT molecular complexity index is 590. The second-order valence-corrected chi connectivity index (χ2v) is 5.77. The van der Waals surface area contributed by atoms with E-state index in [9.17, 15) is 9.59 Å². The minimum atomic E-state index is -0.276. The molecule has 0 saturated carbocycles. The molecule has 1 fully saturated rings. The van der Waals surface area contributed by atoms with Crippen molar-refractivity contribution in [1.29, 1.82) is 0 Å². The third-order valence-electron chi connectivity index (χ3n) is 4.46. The summed E-state index contributed by atoms with van der Waals surface area (Å²) in [6.45, 7) is 4.40. The molecule has 1 aliphatic rings. The van der Waals surface area contributed by atoms with E-state index in [1.165, 1.54) is 13.5 Å². The van der Waals surface area contributed by atoms with Crippen LogP contribution in [0.2, 0.25) is 0 Å². The second kappa shape index (κ2) is 5.93. The lowest BCUT2D eigenvalue weighted by Gasteiger charge is -2.39. The zero-order chi connectivity index (χ0) is 14.9. The first-order chi connectivity index (χ1) is 9.45. The Morgan fingerprint density at radius 1 is 1.30 bits per heavy atom. The van der Waals surface area contributed by atoms with Crippen LogP contribution in [0, 0.1) is 5.92 Å². The zero-order valence-corrected chi connectivity index (χ0v) is 12.5. The first kappa shape index (κ1) is 15.0. The fourth-order valence-electron chi connectivity index (χ4n) is 3.05. The standard InChI is InChI=1S/C14H24N4O2/c1-10-5-4-6-18(12(10)8-15)9-11-7-13(19)17(3)14(20)16(11)2/h7,10,12H,4-6,8-9,15H2,1-3H3. The van der Waals surface area contributed by atoms with Crippen molar-refractivity contribution in [1.82, 2.24) is 14.0 Å². The number of likely N-dealkylation sites (tertiary alicyclic amines) is 1. The average Bonchev–Trinajstić information content (AvgIpc) is 2.42. The topological polar surface area (TPSA) is 73.3 Å². The van der Waals surface area contributed by atoms with Gasteiger partial charge in [-0.15, -0.1) is 0 Å². The van der Waals surface area contributed by atoms with Crippen molar-refractivity contribution in [3.63, 3.8) is 0 Å². The van der Waals surface area contributed by atoms with Crippen LogP contribution in [0.3, 0.4) is 0 Å². The smallest absolute Gasteiger partial charge is 0.329 e. The van der Waals surface area contributed by atoms with Gasteiger partial charge in [-0.2, -0.15) is 0 Å². The minimum absolute atomic E-state index is 0.252. The van der Waals surface area contributed by atoms with E-state index >= 15 is 0 Å². The molecule has 6 heteroatoms. The summed E-state index contributed by atoms with van der Waals surface area (Å²) in [7, 11) is 3.21. The van der Waals surface area contributed by atoms with Crippen LogP contribution < -0.4 is 17.0 Å². The largest absolute Gasteiger partial charge is 0.330 e. The predicted molar refractivity (Wildman–Crippen MR) is 78.6 cm³/mol. The number of piperidine rings is 1. The van der Waals surface area contributed by atoms with Gasteiger partial charge in [0.1, 0.15) is 0 Å². The lowest BCUT2D eigenvalue weighted by molar-refractivity contribution is 0.0963. The van der Waals surface area contributed by atoms with Crippen LogP contribution in [-0.2, 0) is 20.6 Å². The SMILES string of the molecule is CC1CCCN(Cc2cc(=O)n(C)c(=O)n2C)C1CN. The molecular formula is C14H24N4O2. The lowest BCUT2D eigenvalue weighted by atomic mass is 9.90. The summed E-state index contributed by atoms with van der Waals surface area (Å²) < 4.78 is 2.68. The van der Waals surface area contributed by atoms with Crippen molar-refractivity contribution >= 4 is 0 Å². The van der Waals surface area contributed by atoms with Gasteiger partial charge in [0.15, 0.2) is 0 Å². The molecule has 1 aromatic rings. The Balaban J connectivity index is 2.30. The number of nitrogens with zero attached hydrogens (tertiary/aromatic N) is 3. The monoisotopic (exact) mass is 280 g/mol. The molecule has 2 heterocycles. The van der Waals surface area contributed by atoms with Crippen molar-refractivity contribution in [2.75, 3.05) is 13.1 Å². The third kappa shape index (κ3) is 2.71. The van der Waals surface area contributed by atoms with Crippen molar-refractivity contribution in [2.24, 2.45) is 25.7 Å². The molecule has 1 saturated heterocycles. The van der Waals surface area contributed by atoms with E-state index in [0.29, 0.717) is 25.0 Å². The van der Waals surface area contributed by atoms with E-state index in [1.54, 1.807) is 17.7 Å². The fraction of sp³-hybridized carbons (Fsp3) is 0.714. The fourth-order valence-corrected chi connectivity index (χ4v) is 3.05. The maximum atomic E-state index is 11.9. The molecule has 0 aliphatic carbocycles. The normalized spacial score (nSPS) is 24.0. The zero-order valence-electron chi connectivity index (χ0n) is 12.5. The number of rotatable bonds is 3. The van der Waals surface area contributed by atoms with Crippen LogP contribution in [-0.4, -0.2) is 33.2 Å². The van der Waals surface area contributed by atoms with Gasteiger partial charge in [0.25, 0.3) is 5.56 Å². The van der Waals surface area contributed by atoms with Gasteiger partial charge in [0, 0.05) is 45.0 Å². The van der Waals surface area contributed by atoms with Gasteiger partial charge in [0.05, 0.1) is 0 Å². The Hall–Kier alpha value is -1.40. The van der Waals surface area contributed by atoms with Gasteiger partial charge in [-0.3, -0.25) is 18.8 Å². The molecule has 0 spiro atoms. The third-order valence-corrected chi connectivity index (χ3v) is 4.46. The van der Waals surface area contributed by atoms with Gasteiger partial charge in [0.2, 0.25) is 0 Å². The summed E-state index contributed by atoms with van der Waals surface area (Å²) in [5.74, 6) is 0.553. The van der Waals surface area contributed by atoms with Crippen LogP contribution in [0.15, 0.2) is 15.7 Å². The van der Waals surface area contributed by atoms with Crippen molar-refractivity contribution in [3.8, 4) is 0 Å². The molecule has 112 valence electrons. The maximum absolute atomic E-state index is 11.9. The minimum Gasteiger partial charge on any atom is -0.329 e. The van der Waals surface area contributed by atoms with E-state index in [1.807, 2.05) is 0 Å². The first-order valence-corrected chi connectivity index (χ1v) is 7.15. The number of hydrogen-bond donors (Lipinski definition) is 1. The molecule has 2 N–H and O–H groups in total. The highest BCUT2D eigenvalue weighted by molar-refractivity contribution is 5.03. The number of nitrogens with two attached hydrogens (primary N) is 1. The summed E-state index contributed by atoms with van der Waals surface area (Å²) in [6, 6.07) is 1.87. The van der Waals surface area contributed by atoms with E-state index in [2.05, 4.69) is 11.8 Å². The Labute approximate surface area is 118 Å².